The second-order valence-electron chi connectivity index (χ2n) is 4.90. The predicted octanol–water partition coefficient (Wildman–Crippen LogP) is 8.66. The fraction of sp³-hybridized carbons (Fsp3) is 0.250. The van der Waals surface area contributed by atoms with Crippen LogP contribution >= 0.6 is 69.0 Å². The molecule has 0 fully saturated rings. The van der Waals surface area contributed by atoms with E-state index in [-0.39, 0.29) is 0 Å². The summed E-state index contributed by atoms with van der Waals surface area (Å²) >= 11 is 27.0. The Morgan fingerprint density at radius 2 is 1.52 bits per heavy atom. The van der Waals surface area contributed by atoms with Crippen LogP contribution in [0.3, 0.4) is 0 Å². The Morgan fingerprint density at radius 1 is 0.913 bits per heavy atom. The summed E-state index contributed by atoms with van der Waals surface area (Å²) in [5, 5.41) is 10.1. The first-order valence-corrected chi connectivity index (χ1v) is 9.56. The third kappa shape index (κ3) is 4.95. The van der Waals surface area contributed by atoms with Crippen molar-refractivity contribution in [2.24, 2.45) is 10.2 Å². The molecule has 2 aromatic carbocycles. The summed E-state index contributed by atoms with van der Waals surface area (Å²) in [5.41, 5.74) is 1.91. The van der Waals surface area contributed by atoms with Crippen LogP contribution < -0.4 is 0 Å². The molecule has 0 saturated heterocycles. The molecule has 0 aliphatic heterocycles. The van der Waals surface area contributed by atoms with Crippen LogP contribution in [0.25, 0.3) is 0 Å². The van der Waals surface area contributed by atoms with Gasteiger partial charge in [0.25, 0.3) is 0 Å². The van der Waals surface area contributed by atoms with Crippen LogP contribution in [-0.2, 0) is 6.42 Å². The first-order valence-electron chi connectivity index (χ1n) is 6.97. The molecule has 2 rings (SSSR count). The van der Waals surface area contributed by atoms with Gasteiger partial charge in [0.05, 0.1) is 20.1 Å². The highest BCUT2D eigenvalue weighted by Gasteiger charge is 2.11. The summed E-state index contributed by atoms with van der Waals surface area (Å²) in [6.45, 7) is 2.14. The maximum absolute atomic E-state index is 6.29. The molecular weight excluding hydrogens is 489 g/mol. The molecule has 0 heterocycles. The minimum atomic E-state index is 0.405. The van der Waals surface area contributed by atoms with E-state index in [4.69, 9.17) is 46.4 Å². The van der Waals surface area contributed by atoms with Crippen molar-refractivity contribution in [3.05, 3.63) is 53.5 Å². The number of halogens is 5. The zero-order chi connectivity index (χ0) is 17.0. The van der Waals surface area contributed by atoms with Crippen molar-refractivity contribution in [3.8, 4) is 0 Å². The number of nitrogens with zero attached hydrogens (tertiary/aromatic N) is 2. The molecule has 0 atom stereocenters. The fourth-order valence-corrected chi connectivity index (χ4v) is 3.44. The summed E-state index contributed by atoms with van der Waals surface area (Å²) in [5.74, 6) is 0. The van der Waals surface area contributed by atoms with Crippen molar-refractivity contribution < 1.29 is 0 Å². The Bertz CT molecular complexity index is 724. The second-order valence-corrected chi connectivity index (χ2v) is 7.67. The smallest absolute Gasteiger partial charge is 0.124 e. The average molecular weight is 502 g/mol. The summed E-state index contributed by atoms with van der Waals surface area (Å²) in [7, 11) is 0. The van der Waals surface area contributed by atoms with E-state index in [9.17, 15) is 0 Å². The van der Waals surface area contributed by atoms with E-state index in [2.05, 4.69) is 39.7 Å². The molecule has 0 bridgehead atoms. The van der Waals surface area contributed by atoms with Crippen molar-refractivity contribution >= 4 is 80.4 Å². The van der Waals surface area contributed by atoms with E-state index < -0.39 is 0 Å². The number of hydrogen-bond acceptors (Lipinski definition) is 2. The molecule has 2 nitrogen and oxygen atoms in total. The zero-order valence-corrected chi connectivity index (χ0v) is 17.4. The van der Waals surface area contributed by atoms with Crippen LogP contribution in [0.15, 0.2) is 34.5 Å². The molecule has 0 unspecified atom stereocenters. The summed E-state index contributed by atoms with van der Waals surface area (Å²) in [4.78, 5) is 0. The molecule has 0 saturated carbocycles. The zero-order valence-electron chi connectivity index (χ0n) is 12.2. The maximum Gasteiger partial charge on any atom is 0.124 e. The van der Waals surface area contributed by atoms with E-state index in [0.717, 1.165) is 28.4 Å². The minimum Gasteiger partial charge on any atom is -0.147 e. The largest absolute Gasteiger partial charge is 0.147 e. The topological polar surface area (TPSA) is 24.7 Å². The van der Waals surface area contributed by atoms with Gasteiger partial charge in [-0.1, -0.05) is 59.7 Å². The monoisotopic (exact) mass is 500 g/mol. The normalized spacial score (nSPS) is 11.4. The third-order valence-corrected chi connectivity index (χ3v) is 5.65. The van der Waals surface area contributed by atoms with Crippen molar-refractivity contribution in [1.82, 2.24) is 0 Å². The van der Waals surface area contributed by atoms with Crippen LogP contribution in [0.5, 0.6) is 0 Å². The van der Waals surface area contributed by atoms with Crippen molar-refractivity contribution in [2.45, 2.75) is 26.2 Å². The van der Waals surface area contributed by atoms with Gasteiger partial charge in [-0.3, -0.25) is 0 Å². The second kappa shape index (κ2) is 8.86. The van der Waals surface area contributed by atoms with E-state index in [1.165, 1.54) is 0 Å². The van der Waals surface area contributed by atoms with Crippen LogP contribution in [-0.4, -0.2) is 0 Å². The van der Waals surface area contributed by atoms with Crippen molar-refractivity contribution in [2.75, 3.05) is 0 Å². The Labute approximate surface area is 169 Å². The highest BCUT2D eigenvalue weighted by Crippen LogP contribution is 2.40. The molecule has 122 valence electrons. The highest BCUT2D eigenvalue weighted by molar-refractivity contribution is 14.1. The summed E-state index contributed by atoms with van der Waals surface area (Å²) < 4.78 is 0.842. The Morgan fingerprint density at radius 3 is 2.13 bits per heavy atom. The average Bonchev–Trinajstić information content (AvgIpc) is 2.51. The lowest BCUT2D eigenvalue weighted by Crippen LogP contribution is -1.85. The van der Waals surface area contributed by atoms with Gasteiger partial charge in [-0.05, 0) is 65.3 Å². The molecule has 2 aromatic rings. The van der Waals surface area contributed by atoms with E-state index >= 15 is 0 Å². The lowest BCUT2D eigenvalue weighted by atomic mass is 10.1. The third-order valence-electron chi connectivity index (χ3n) is 3.17. The quantitative estimate of drug-likeness (QED) is 0.222. The molecule has 0 spiro atoms. The number of unbranched alkanes of at least 4 members (excludes halogenated alkanes) is 1. The number of aryl methyl sites for hydroxylation is 1. The lowest BCUT2D eigenvalue weighted by Gasteiger charge is -2.06. The lowest BCUT2D eigenvalue weighted by molar-refractivity contribution is 0.795. The molecule has 23 heavy (non-hydrogen) atoms. The Kier molecular flexibility index (Phi) is 7.42. The van der Waals surface area contributed by atoms with Gasteiger partial charge in [0.2, 0.25) is 0 Å². The fourth-order valence-electron chi connectivity index (χ4n) is 1.95. The molecule has 0 aliphatic rings. The van der Waals surface area contributed by atoms with Crippen LogP contribution in [0.4, 0.5) is 11.4 Å². The van der Waals surface area contributed by atoms with Gasteiger partial charge in [0.1, 0.15) is 11.4 Å². The van der Waals surface area contributed by atoms with Crippen LogP contribution in [0.2, 0.25) is 20.1 Å². The summed E-state index contributed by atoms with van der Waals surface area (Å²) in [6.07, 6.45) is 3.13. The van der Waals surface area contributed by atoms with Gasteiger partial charge >= 0.3 is 0 Å². The molecule has 0 aliphatic carbocycles. The summed E-state index contributed by atoms with van der Waals surface area (Å²) in [6, 6.07) is 7.28. The molecule has 0 N–H and O–H groups in total. The van der Waals surface area contributed by atoms with Gasteiger partial charge in [0, 0.05) is 3.57 Å². The van der Waals surface area contributed by atoms with Crippen LogP contribution in [0, 0.1) is 3.57 Å². The number of rotatable bonds is 5. The standard InChI is InChI=1S/C16H13Cl4IN2/c1-2-3-4-9-7-11(18)15(12(19)8-9)22-23-16-10(17)5-6-13(21)14(16)20/h5-8H,2-4H2,1H3. The predicted molar refractivity (Wildman–Crippen MR) is 108 cm³/mol. The van der Waals surface area contributed by atoms with E-state index in [1.54, 1.807) is 6.07 Å². The highest BCUT2D eigenvalue weighted by atomic mass is 127. The van der Waals surface area contributed by atoms with Gasteiger partial charge in [-0.2, -0.15) is 0 Å². The minimum absolute atomic E-state index is 0.405. The molecule has 0 aromatic heterocycles. The van der Waals surface area contributed by atoms with Gasteiger partial charge in [-0.15, -0.1) is 10.2 Å². The van der Waals surface area contributed by atoms with Gasteiger partial charge in [0.15, 0.2) is 0 Å². The van der Waals surface area contributed by atoms with E-state index in [0.29, 0.717) is 31.5 Å². The molecule has 0 radical (unpaired) electrons. The Hall–Kier alpha value is -0.0700. The SMILES string of the molecule is CCCCc1cc(Cl)c(N=Nc2c(Cl)ccc(I)c2Cl)c(Cl)c1. The Balaban J connectivity index is 2.35. The number of azo groups is 1. The number of benzene rings is 2. The van der Waals surface area contributed by atoms with Gasteiger partial charge in [-0.25, -0.2) is 0 Å². The number of hydrogen-bond donors (Lipinski definition) is 0. The van der Waals surface area contributed by atoms with Crippen LogP contribution in [0.1, 0.15) is 25.3 Å². The van der Waals surface area contributed by atoms with E-state index in [1.807, 2.05) is 18.2 Å². The first kappa shape index (κ1) is 19.3. The maximum atomic E-state index is 6.29. The molecule has 0 amide bonds. The first-order chi connectivity index (χ1) is 10.9. The molecule has 7 heteroatoms. The van der Waals surface area contributed by atoms with Gasteiger partial charge < -0.3 is 0 Å². The van der Waals surface area contributed by atoms with Crippen molar-refractivity contribution in [3.63, 3.8) is 0 Å². The van der Waals surface area contributed by atoms with Crippen molar-refractivity contribution in [1.29, 1.82) is 0 Å². The molecular formula is C16H13Cl4IN2.